The molecule has 11 heteroatoms. The Hall–Kier alpha value is -1.26. The van der Waals surface area contributed by atoms with Crippen molar-refractivity contribution in [2.24, 2.45) is 0 Å². The lowest BCUT2D eigenvalue weighted by Crippen LogP contribution is -2.50. The van der Waals surface area contributed by atoms with Gasteiger partial charge in [-0.1, -0.05) is 23.2 Å². The molecule has 0 unspecified atom stereocenters. The molecule has 1 N–H and O–H groups in total. The number of amides is 1. The highest BCUT2D eigenvalue weighted by Crippen LogP contribution is 2.31. The zero-order valence-electron chi connectivity index (χ0n) is 15.2. The summed E-state index contributed by atoms with van der Waals surface area (Å²) in [6, 6.07) is 4.67. The Labute approximate surface area is 169 Å². The van der Waals surface area contributed by atoms with Gasteiger partial charge in [-0.25, -0.2) is 13.1 Å². The molecule has 1 aliphatic heterocycles. The molecule has 0 aromatic heterocycles. The monoisotopic (exact) mass is 439 g/mol. The Morgan fingerprint density at radius 2 is 1.89 bits per heavy atom. The summed E-state index contributed by atoms with van der Waals surface area (Å²) in [6.45, 7) is 2.33. The van der Waals surface area contributed by atoms with Crippen LogP contribution >= 0.6 is 23.2 Å². The summed E-state index contributed by atoms with van der Waals surface area (Å²) in [5, 5.41) is 0. The van der Waals surface area contributed by atoms with Crippen LogP contribution in [0.5, 0.6) is 5.75 Å². The Balaban J connectivity index is 2.18. The van der Waals surface area contributed by atoms with Crippen LogP contribution in [0.25, 0.3) is 0 Å². The van der Waals surface area contributed by atoms with Gasteiger partial charge in [0.05, 0.1) is 24.3 Å². The molecule has 1 aromatic carbocycles. The van der Waals surface area contributed by atoms with Gasteiger partial charge in [0, 0.05) is 39.8 Å². The van der Waals surface area contributed by atoms with Crippen LogP contribution in [-0.2, 0) is 19.6 Å². The van der Waals surface area contributed by atoms with Crippen molar-refractivity contribution in [1.82, 2.24) is 9.62 Å². The summed E-state index contributed by atoms with van der Waals surface area (Å²) < 4.78 is 37.6. The van der Waals surface area contributed by atoms with Gasteiger partial charge in [0.25, 0.3) is 5.91 Å². The van der Waals surface area contributed by atoms with Crippen LogP contribution in [0.3, 0.4) is 0 Å². The zero-order valence-corrected chi connectivity index (χ0v) is 17.5. The molecule has 27 heavy (non-hydrogen) atoms. The third kappa shape index (κ3) is 5.61. The van der Waals surface area contributed by atoms with Crippen molar-refractivity contribution >= 4 is 44.8 Å². The minimum Gasteiger partial charge on any atom is -0.495 e. The number of rotatable bonds is 8. The fraction of sp³-hybridized carbons (Fsp3) is 0.562. The molecule has 2 rings (SSSR count). The van der Waals surface area contributed by atoms with Gasteiger partial charge in [-0.3, -0.25) is 4.79 Å². The van der Waals surface area contributed by atoms with Crippen LogP contribution in [0.1, 0.15) is 0 Å². The quantitative estimate of drug-likeness (QED) is 0.481. The summed E-state index contributed by atoms with van der Waals surface area (Å²) in [5.41, 5.74) is 0.646. The molecule has 1 amide bonds. The lowest BCUT2D eigenvalue weighted by Gasteiger charge is -2.37. The predicted octanol–water partition coefficient (Wildman–Crippen LogP) is 1.07. The molecule has 1 aromatic rings. The number of nitrogens with zero attached hydrogens (tertiary/aromatic N) is 2. The van der Waals surface area contributed by atoms with E-state index in [2.05, 4.69) is 4.72 Å². The molecule has 1 fully saturated rings. The van der Waals surface area contributed by atoms with Gasteiger partial charge < -0.3 is 19.3 Å². The first-order valence-corrected chi connectivity index (χ1v) is 10.6. The first-order valence-electron chi connectivity index (χ1n) is 8.28. The molecule has 0 aliphatic carbocycles. The number of ether oxygens (including phenoxy) is 2. The van der Waals surface area contributed by atoms with Gasteiger partial charge in [-0.15, -0.1) is 0 Å². The van der Waals surface area contributed by atoms with Gasteiger partial charge in [0.2, 0.25) is 10.0 Å². The van der Waals surface area contributed by atoms with E-state index < -0.39 is 14.9 Å². The number of anilines is 1. The smallest absolute Gasteiger partial charge is 0.255 e. The van der Waals surface area contributed by atoms with Crippen LogP contribution in [-0.4, -0.2) is 77.6 Å². The highest BCUT2D eigenvalue weighted by molar-refractivity contribution is 7.89. The minimum absolute atomic E-state index is 0.134. The number of sulfonamides is 1. The lowest BCUT2D eigenvalue weighted by atomic mass is 10.2. The van der Waals surface area contributed by atoms with Crippen molar-refractivity contribution in [1.29, 1.82) is 0 Å². The summed E-state index contributed by atoms with van der Waals surface area (Å²) in [6.07, 6.45) is 0. The fourth-order valence-corrected chi connectivity index (χ4v) is 4.06. The van der Waals surface area contributed by atoms with E-state index in [1.807, 2.05) is 4.90 Å². The van der Waals surface area contributed by atoms with E-state index in [-0.39, 0.29) is 24.0 Å². The molecule has 1 aliphatic rings. The number of nitrogens with one attached hydrogen (secondary N) is 1. The SMILES string of the molecule is COCCNS(=O)(=O)c1ccc(OC)c(N2CCN(C(=O)C(Cl)Cl)CC2)c1. The largest absolute Gasteiger partial charge is 0.495 e. The molecule has 0 radical (unpaired) electrons. The number of carbonyl (C=O) groups is 1. The van der Waals surface area contributed by atoms with Crippen molar-refractivity contribution in [2.75, 3.05) is 58.5 Å². The number of halogens is 2. The molecule has 1 saturated heterocycles. The Kier molecular flexibility index (Phi) is 7.99. The van der Waals surface area contributed by atoms with E-state index in [4.69, 9.17) is 32.7 Å². The van der Waals surface area contributed by atoms with Gasteiger partial charge in [-0.05, 0) is 18.2 Å². The van der Waals surface area contributed by atoms with E-state index in [1.54, 1.807) is 17.0 Å². The van der Waals surface area contributed by atoms with Gasteiger partial charge in [0.1, 0.15) is 5.75 Å². The highest BCUT2D eigenvalue weighted by Gasteiger charge is 2.27. The molecule has 0 saturated carbocycles. The summed E-state index contributed by atoms with van der Waals surface area (Å²) in [5.74, 6) is 0.224. The first kappa shape index (κ1) is 22.0. The number of piperazine rings is 1. The summed E-state index contributed by atoms with van der Waals surface area (Å²) in [7, 11) is -0.642. The average Bonchev–Trinajstić information content (AvgIpc) is 2.67. The average molecular weight is 440 g/mol. The third-order valence-electron chi connectivity index (χ3n) is 4.18. The van der Waals surface area contributed by atoms with E-state index >= 15 is 0 Å². The fourth-order valence-electron chi connectivity index (χ4n) is 2.75. The highest BCUT2D eigenvalue weighted by atomic mass is 35.5. The van der Waals surface area contributed by atoms with Crippen LogP contribution in [0.15, 0.2) is 23.1 Å². The number of benzene rings is 1. The molecule has 0 atom stereocenters. The molecular formula is C16H23Cl2N3O5S. The van der Waals surface area contributed by atoms with Crippen LogP contribution in [0.4, 0.5) is 5.69 Å². The number of hydrogen-bond donors (Lipinski definition) is 1. The topological polar surface area (TPSA) is 88.2 Å². The van der Waals surface area contributed by atoms with Crippen molar-refractivity contribution in [3.63, 3.8) is 0 Å². The van der Waals surface area contributed by atoms with Crippen molar-refractivity contribution in [3.8, 4) is 5.75 Å². The van der Waals surface area contributed by atoms with Crippen LogP contribution < -0.4 is 14.4 Å². The van der Waals surface area contributed by atoms with Crippen LogP contribution in [0, 0.1) is 0 Å². The normalized spacial score (nSPS) is 15.3. The van der Waals surface area contributed by atoms with E-state index in [1.165, 1.54) is 20.3 Å². The number of methoxy groups -OCH3 is 2. The molecular weight excluding hydrogens is 417 g/mol. The zero-order chi connectivity index (χ0) is 20.0. The second-order valence-corrected chi connectivity index (χ2v) is 8.70. The van der Waals surface area contributed by atoms with Crippen molar-refractivity contribution in [3.05, 3.63) is 18.2 Å². The second-order valence-electron chi connectivity index (χ2n) is 5.84. The maximum absolute atomic E-state index is 12.4. The second kappa shape index (κ2) is 9.79. The van der Waals surface area contributed by atoms with Gasteiger partial charge in [0.15, 0.2) is 4.84 Å². The minimum atomic E-state index is -3.67. The summed E-state index contributed by atoms with van der Waals surface area (Å²) in [4.78, 5) is 14.5. The standard InChI is InChI=1S/C16H23Cl2N3O5S/c1-25-10-5-19-27(23,24)12-3-4-14(26-2)13(11-12)20-6-8-21(9-7-20)16(22)15(17)18/h3-4,11,15,19H,5-10H2,1-2H3. The van der Waals surface area contributed by atoms with E-state index in [9.17, 15) is 13.2 Å². The molecule has 8 nitrogen and oxygen atoms in total. The summed E-state index contributed by atoms with van der Waals surface area (Å²) >= 11 is 11.3. The third-order valence-corrected chi connectivity index (χ3v) is 6.01. The molecule has 1 heterocycles. The van der Waals surface area contributed by atoms with E-state index in [0.717, 1.165) is 0 Å². The van der Waals surface area contributed by atoms with Gasteiger partial charge >= 0.3 is 0 Å². The maximum Gasteiger partial charge on any atom is 0.255 e. The number of hydrogen-bond acceptors (Lipinski definition) is 6. The first-order chi connectivity index (χ1) is 12.8. The Bertz CT molecular complexity index is 752. The number of alkyl halides is 2. The number of carbonyl (C=O) groups excluding carboxylic acids is 1. The predicted molar refractivity (Wildman–Crippen MR) is 104 cm³/mol. The maximum atomic E-state index is 12.4. The van der Waals surface area contributed by atoms with E-state index in [0.29, 0.717) is 37.6 Å². The Morgan fingerprint density at radius 3 is 2.44 bits per heavy atom. The lowest BCUT2D eigenvalue weighted by molar-refractivity contribution is -0.129. The van der Waals surface area contributed by atoms with Crippen molar-refractivity contribution in [2.45, 2.75) is 9.73 Å². The van der Waals surface area contributed by atoms with Crippen LogP contribution in [0.2, 0.25) is 0 Å². The van der Waals surface area contributed by atoms with Crippen molar-refractivity contribution < 1.29 is 22.7 Å². The molecule has 0 spiro atoms. The Morgan fingerprint density at radius 1 is 1.22 bits per heavy atom. The molecule has 152 valence electrons. The van der Waals surface area contributed by atoms with Gasteiger partial charge in [-0.2, -0.15) is 0 Å². The molecule has 0 bridgehead atoms.